The molecule has 0 aromatic heterocycles. The van der Waals surface area contributed by atoms with E-state index in [1.54, 1.807) is 0 Å². The van der Waals surface area contributed by atoms with Crippen molar-refractivity contribution in [1.29, 1.82) is 0 Å². The van der Waals surface area contributed by atoms with Gasteiger partial charge in [0.25, 0.3) is 0 Å². The predicted octanol–water partition coefficient (Wildman–Crippen LogP) is 1.85. The van der Waals surface area contributed by atoms with Crippen LogP contribution in [0.4, 0.5) is 0 Å². The van der Waals surface area contributed by atoms with Gasteiger partial charge in [-0.2, -0.15) is 0 Å². The lowest BCUT2D eigenvalue weighted by atomic mass is 10.3. The van der Waals surface area contributed by atoms with E-state index in [0.717, 1.165) is 0 Å². The van der Waals surface area contributed by atoms with Crippen molar-refractivity contribution in [1.82, 2.24) is 0 Å². The fraction of sp³-hybridized carbons (Fsp3) is 0.400. The van der Waals surface area contributed by atoms with E-state index in [2.05, 4.69) is 0 Å². The molecule has 1 aromatic rings. The minimum absolute atomic E-state index is 0.0363. The molecule has 0 bridgehead atoms. The number of hydrogen-bond donors (Lipinski definition) is 1. The lowest BCUT2D eigenvalue weighted by Gasteiger charge is -2.18. The molecular weight excluding hydrogens is 252 g/mol. The number of hydrogen-bond acceptors (Lipinski definition) is 4. The number of sulfone groups is 1. The molecule has 1 aromatic carbocycles. The van der Waals surface area contributed by atoms with Crippen LogP contribution in [0.3, 0.4) is 0 Å². The van der Waals surface area contributed by atoms with Crippen LogP contribution in [0.25, 0.3) is 0 Å². The third kappa shape index (κ3) is 2.31. The maximum atomic E-state index is 11.9. The molecule has 0 fully saturated rings. The Labute approximate surface area is 99.7 Å². The molecule has 0 amide bonds. The van der Waals surface area contributed by atoms with Gasteiger partial charge in [0.2, 0.25) is 9.84 Å². The first-order valence-corrected chi connectivity index (χ1v) is 6.37. The summed E-state index contributed by atoms with van der Waals surface area (Å²) in [6, 6.07) is 4.05. The molecule has 0 aliphatic heterocycles. The zero-order valence-corrected chi connectivity index (χ0v) is 10.8. The van der Waals surface area contributed by atoms with Crippen molar-refractivity contribution in [2.75, 3.05) is 7.11 Å². The minimum atomic E-state index is -3.81. The average molecular weight is 265 g/mol. The molecule has 1 N–H and O–H groups in total. The van der Waals surface area contributed by atoms with E-state index in [-0.39, 0.29) is 9.92 Å². The van der Waals surface area contributed by atoms with Crippen LogP contribution in [0.15, 0.2) is 23.1 Å². The van der Waals surface area contributed by atoms with Crippen molar-refractivity contribution in [2.45, 2.75) is 23.7 Å². The summed E-state index contributed by atoms with van der Waals surface area (Å²) in [6.07, 6.45) is 0. The predicted molar refractivity (Wildman–Crippen MR) is 61.5 cm³/mol. The third-order valence-corrected chi connectivity index (χ3v) is 4.58. The summed E-state index contributed by atoms with van der Waals surface area (Å²) >= 11 is 5.81. The summed E-state index contributed by atoms with van der Waals surface area (Å²) < 4.78 is 28.6. The molecular formula is C10H13ClO4S. The second kappa shape index (κ2) is 4.24. The first kappa shape index (κ1) is 13.3. The molecule has 4 nitrogen and oxygen atoms in total. The minimum Gasteiger partial charge on any atom is -0.495 e. The van der Waals surface area contributed by atoms with Crippen LogP contribution >= 0.6 is 11.6 Å². The Morgan fingerprint density at radius 3 is 2.31 bits per heavy atom. The van der Waals surface area contributed by atoms with Crippen LogP contribution in [0.2, 0.25) is 5.02 Å². The van der Waals surface area contributed by atoms with Gasteiger partial charge in [0.1, 0.15) is 5.75 Å². The highest BCUT2D eigenvalue weighted by Crippen LogP contribution is 2.30. The van der Waals surface area contributed by atoms with Gasteiger partial charge in [-0.05, 0) is 32.0 Å². The largest absolute Gasteiger partial charge is 0.495 e. The summed E-state index contributed by atoms with van der Waals surface area (Å²) in [5.74, 6) is 0.386. The zero-order chi connectivity index (χ0) is 12.6. The molecule has 0 unspecified atom stereocenters. The van der Waals surface area contributed by atoms with Gasteiger partial charge in [-0.1, -0.05) is 11.6 Å². The Balaban J connectivity index is 3.32. The van der Waals surface area contributed by atoms with Gasteiger partial charge in [-0.15, -0.1) is 0 Å². The van der Waals surface area contributed by atoms with Crippen LogP contribution in [-0.2, 0) is 9.84 Å². The molecule has 0 radical (unpaired) electrons. The van der Waals surface area contributed by atoms with E-state index in [0.29, 0.717) is 5.75 Å². The molecule has 90 valence electrons. The zero-order valence-electron chi connectivity index (χ0n) is 9.19. The van der Waals surface area contributed by atoms with E-state index in [1.807, 2.05) is 0 Å². The Hall–Kier alpha value is -0.780. The molecule has 0 atom stereocenters. The van der Waals surface area contributed by atoms with E-state index >= 15 is 0 Å². The molecule has 16 heavy (non-hydrogen) atoms. The number of methoxy groups -OCH3 is 1. The Bertz CT molecular complexity index is 488. The second-order valence-electron chi connectivity index (χ2n) is 3.75. The first-order valence-electron chi connectivity index (χ1n) is 4.50. The van der Waals surface area contributed by atoms with Crippen molar-refractivity contribution in [2.24, 2.45) is 0 Å². The number of ether oxygens (including phenoxy) is 1. The lowest BCUT2D eigenvalue weighted by molar-refractivity contribution is 0.165. The Morgan fingerprint density at radius 2 is 1.94 bits per heavy atom. The Kier molecular flexibility index (Phi) is 3.52. The average Bonchev–Trinajstić information content (AvgIpc) is 2.15. The fourth-order valence-corrected chi connectivity index (χ4v) is 2.52. The molecule has 0 saturated heterocycles. The molecule has 6 heteroatoms. The van der Waals surface area contributed by atoms with Crippen molar-refractivity contribution in [3.8, 4) is 5.75 Å². The van der Waals surface area contributed by atoms with Gasteiger partial charge >= 0.3 is 0 Å². The van der Waals surface area contributed by atoms with E-state index in [4.69, 9.17) is 16.3 Å². The number of halogens is 1. The van der Waals surface area contributed by atoms with E-state index in [9.17, 15) is 13.5 Å². The standard InChI is InChI=1S/C10H13ClO4S/c1-10(2,12)16(13,14)7-4-5-9(15-3)8(11)6-7/h4-6,12H,1-3H3. The van der Waals surface area contributed by atoms with Crippen molar-refractivity contribution >= 4 is 21.4 Å². The van der Waals surface area contributed by atoms with Gasteiger partial charge in [0.05, 0.1) is 17.0 Å². The third-order valence-electron chi connectivity index (χ3n) is 2.09. The second-order valence-corrected chi connectivity index (χ2v) is 6.63. The summed E-state index contributed by atoms with van der Waals surface area (Å²) in [5, 5.41) is 9.74. The van der Waals surface area contributed by atoms with Crippen LogP contribution in [0.5, 0.6) is 5.75 Å². The van der Waals surface area contributed by atoms with Crippen molar-refractivity contribution in [3.63, 3.8) is 0 Å². The molecule has 0 aliphatic carbocycles. The molecule has 1 rings (SSSR count). The normalized spacial score (nSPS) is 12.6. The maximum Gasteiger partial charge on any atom is 0.207 e. The highest BCUT2D eigenvalue weighted by atomic mass is 35.5. The van der Waals surface area contributed by atoms with E-state index < -0.39 is 14.8 Å². The maximum absolute atomic E-state index is 11.9. The molecule has 0 spiro atoms. The monoisotopic (exact) mass is 264 g/mol. The molecule has 0 saturated carbocycles. The van der Waals surface area contributed by atoms with E-state index in [1.165, 1.54) is 39.2 Å². The Morgan fingerprint density at radius 1 is 1.38 bits per heavy atom. The van der Waals surface area contributed by atoms with Gasteiger partial charge in [0, 0.05) is 0 Å². The van der Waals surface area contributed by atoms with Gasteiger partial charge in [0.15, 0.2) is 4.93 Å². The molecule has 0 aliphatic rings. The summed E-state index contributed by atoms with van der Waals surface area (Å²) in [6.45, 7) is 2.42. The van der Waals surface area contributed by atoms with Crippen LogP contribution in [0, 0.1) is 0 Å². The van der Waals surface area contributed by atoms with Crippen molar-refractivity contribution < 1.29 is 18.3 Å². The lowest BCUT2D eigenvalue weighted by Crippen LogP contribution is -2.31. The smallest absolute Gasteiger partial charge is 0.207 e. The molecule has 0 heterocycles. The van der Waals surface area contributed by atoms with Crippen LogP contribution < -0.4 is 4.74 Å². The highest BCUT2D eigenvalue weighted by Gasteiger charge is 2.33. The summed E-state index contributed by atoms with van der Waals surface area (Å²) in [5.41, 5.74) is 0. The SMILES string of the molecule is COc1ccc(S(=O)(=O)C(C)(C)O)cc1Cl. The number of rotatable bonds is 3. The fourth-order valence-electron chi connectivity index (χ4n) is 1.10. The van der Waals surface area contributed by atoms with Crippen LogP contribution in [-0.4, -0.2) is 25.6 Å². The van der Waals surface area contributed by atoms with Gasteiger partial charge < -0.3 is 9.84 Å². The highest BCUT2D eigenvalue weighted by molar-refractivity contribution is 7.92. The number of benzene rings is 1. The first-order chi connectivity index (χ1) is 7.20. The van der Waals surface area contributed by atoms with Gasteiger partial charge in [-0.3, -0.25) is 0 Å². The number of aliphatic hydroxyl groups is 1. The topological polar surface area (TPSA) is 63.6 Å². The van der Waals surface area contributed by atoms with Crippen molar-refractivity contribution in [3.05, 3.63) is 23.2 Å². The van der Waals surface area contributed by atoms with Gasteiger partial charge in [-0.25, -0.2) is 8.42 Å². The summed E-state index contributed by atoms with van der Waals surface area (Å²) in [4.78, 5) is -1.88. The quantitative estimate of drug-likeness (QED) is 0.905. The van der Waals surface area contributed by atoms with Crippen LogP contribution in [0.1, 0.15) is 13.8 Å². The summed E-state index contributed by atoms with van der Waals surface area (Å²) in [7, 11) is -2.37.